The molecule has 0 amide bonds. The van der Waals surface area contributed by atoms with E-state index in [1.54, 1.807) is 18.2 Å². The molecule has 0 saturated heterocycles. The fourth-order valence-electron chi connectivity index (χ4n) is 1.61. The van der Waals surface area contributed by atoms with Crippen LogP contribution in [0.3, 0.4) is 0 Å². The summed E-state index contributed by atoms with van der Waals surface area (Å²) in [5, 5.41) is 1.27. The number of hydrogen-bond donors (Lipinski definition) is 1. The highest BCUT2D eigenvalue weighted by molar-refractivity contribution is 7.89. The van der Waals surface area contributed by atoms with Crippen molar-refractivity contribution < 1.29 is 8.42 Å². The second kappa shape index (κ2) is 6.73. The van der Waals surface area contributed by atoms with Gasteiger partial charge in [0, 0.05) is 21.6 Å². The van der Waals surface area contributed by atoms with E-state index in [4.69, 9.17) is 46.4 Å². The van der Waals surface area contributed by atoms with Crippen LogP contribution in [0.25, 0.3) is 0 Å². The average Bonchev–Trinajstić information content (AvgIpc) is 2.37. The van der Waals surface area contributed by atoms with E-state index in [0.717, 1.165) is 0 Å². The third-order valence-corrected chi connectivity index (χ3v) is 5.36. The topological polar surface area (TPSA) is 46.2 Å². The molecule has 0 bridgehead atoms. The molecular formula is C13H9Cl4NO2S. The van der Waals surface area contributed by atoms with Crippen molar-refractivity contribution in [3.8, 4) is 0 Å². The first-order valence-electron chi connectivity index (χ1n) is 5.68. The van der Waals surface area contributed by atoms with Crippen molar-refractivity contribution in [3.63, 3.8) is 0 Å². The summed E-state index contributed by atoms with van der Waals surface area (Å²) in [7, 11) is -3.77. The van der Waals surface area contributed by atoms with Crippen LogP contribution in [-0.2, 0) is 16.6 Å². The Balaban J connectivity index is 2.22. The van der Waals surface area contributed by atoms with Crippen molar-refractivity contribution in [1.29, 1.82) is 0 Å². The largest absolute Gasteiger partial charge is 0.242 e. The normalized spacial score (nSPS) is 11.6. The lowest BCUT2D eigenvalue weighted by molar-refractivity contribution is 0.581. The van der Waals surface area contributed by atoms with Gasteiger partial charge in [-0.3, -0.25) is 0 Å². The predicted octanol–water partition coefficient (Wildman–Crippen LogP) is 4.78. The van der Waals surface area contributed by atoms with Gasteiger partial charge < -0.3 is 0 Å². The number of halogens is 4. The maximum Gasteiger partial charge on any atom is 0.242 e. The lowest BCUT2D eigenvalue weighted by atomic mass is 10.2. The molecule has 21 heavy (non-hydrogen) atoms. The van der Waals surface area contributed by atoms with Crippen molar-refractivity contribution >= 4 is 56.4 Å². The molecule has 0 aliphatic heterocycles. The minimum Gasteiger partial charge on any atom is -0.207 e. The number of rotatable bonds is 4. The van der Waals surface area contributed by atoms with Crippen molar-refractivity contribution in [2.75, 3.05) is 0 Å². The molecule has 1 N–H and O–H groups in total. The molecule has 0 aliphatic rings. The molecule has 0 saturated carbocycles. The van der Waals surface area contributed by atoms with Gasteiger partial charge in [0.1, 0.15) is 4.90 Å². The Morgan fingerprint density at radius 3 is 2.00 bits per heavy atom. The highest BCUT2D eigenvalue weighted by atomic mass is 35.5. The van der Waals surface area contributed by atoms with Crippen molar-refractivity contribution in [2.24, 2.45) is 0 Å². The summed E-state index contributed by atoms with van der Waals surface area (Å²) < 4.78 is 26.8. The van der Waals surface area contributed by atoms with Crippen molar-refractivity contribution in [1.82, 2.24) is 4.72 Å². The summed E-state index contributed by atoms with van der Waals surface area (Å²) in [6.45, 7) is 0.0251. The van der Waals surface area contributed by atoms with Gasteiger partial charge in [-0.05, 0) is 35.9 Å². The van der Waals surface area contributed by atoms with Gasteiger partial charge >= 0.3 is 0 Å². The molecule has 0 heterocycles. The first-order valence-corrected chi connectivity index (χ1v) is 8.68. The molecule has 8 heteroatoms. The molecule has 112 valence electrons. The summed E-state index contributed by atoms with van der Waals surface area (Å²) in [6, 6.07) is 8.99. The van der Waals surface area contributed by atoms with Crippen molar-refractivity contribution in [3.05, 3.63) is 62.1 Å². The van der Waals surface area contributed by atoms with Gasteiger partial charge in [0.05, 0.1) is 5.02 Å². The van der Waals surface area contributed by atoms with Crippen LogP contribution in [0.5, 0.6) is 0 Å². The van der Waals surface area contributed by atoms with Gasteiger partial charge in [0.2, 0.25) is 10.0 Å². The van der Waals surface area contributed by atoms with Crippen LogP contribution in [0, 0.1) is 0 Å². The second-order valence-corrected chi connectivity index (χ2v) is 7.56. The highest BCUT2D eigenvalue weighted by Gasteiger charge is 2.18. The van der Waals surface area contributed by atoms with Crippen LogP contribution in [0.15, 0.2) is 41.3 Å². The first kappa shape index (κ1) is 16.9. The molecule has 0 fully saturated rings. The van der Waals surface area contributed by atoms with Crippen LogP contribution in [-0.4, -0.2) is 8.42 Å². The molecule has 2 rings (SSSR count). The SMILES string of the molecule is O=S(=O)(NCc1ccc(Cl)cc1Cl)c1ccc(Cl)cc1Cl. The Kier molecular flexibility index (Phi) is 5.41. The predicted molar refractivity (Wildman–Crippen MR) is 86.9 cm³/mol. The second-order valence-electron chi connectivity index (χ2n) is 4.14. The number of nitrogens with one attached hydrogen (secondary N) is 1. The Bertz CT molecular complexity index is 778. The third kappa shape index (κ3) is 4.25. The summed E-state index contributed by atoms with van der Waals surface area (Å²) >= 11 is 23.4. The van der Waals surface area contributed by atoms with E-state index in [1.807, 2.05) is 0 Å². The molecule has 2 aromatic carbocycles. The molecule has 0 unspecified atom stereocenters. The number of hydrogen-bond acceptors (Lipinski definition) is 2. The highest BCUT2D eigenvalue weighted by Crippen LogP contribution is 2.26. The van der Waals surface area contributed by atoms with Gasteiger partial charge in [0.25, 0.3) is 0 Å². The van der Waals surface area contributed by atoms with Gasteiger partial charge in [-0.15, -0.1) is 0 Å². The van der Waals surface area contributed by atoms with Gasteiger partial charge in [0.15, 0.2) is 0 Å². The van der Waals surface area contributed by atoms with E-state index in [9.17, 15) is 8.42 Å². The third-order valence-electron chi connectivity index (χ3n) is 2.65. The molecule has 3 nitrogen and oxygen atoms in total. The van der Waals surface area contributed by atoms with E-state index < -0.39 is 10.0 Å². The van der Waals surface area contributed by atoms with E-state index >= 15 is 0 Å². The van der Waals surface area contributed by atoms with Gasteiger partial charge in [-0.25, -0.2) is 13.1 Å². The van der Waals surface area contributed by atoms with Gasteiger partial charge in [-0.1, -0.05) is 52.5 Å². The van der Waals surface area contributed by atoms with Crippen LogP contribution in [0.2, 0.25) is 20.1 Å². The fraction of sp³-hybridized carbons (Fsp3) is 0.0769. The lowest BCUT2D eigenvalue weighted by Crippen LogP contribution is -2.23. The van der Waals surface area contributed by atoms with E-state index in [-0.39, 0.29) is 16.5 Å². The summed E-state index contributed by atoms with van der Waals surface area (Å²) in [6.07, 6.45) is 0. The number of benzene rings is 2. The smallest absolute Gasteiger partial charge is 0.207 e. The molecule has 0 aromatic heterocycles. The fourth-order valence-corrected chi connectivity index (χ4v) is 3.86. The Labute approximate surface area is 142 Å². The quantitative estimate of drug-likeness (QED) is 0.824. The minimum atomic E-state index is -3.77. The van der Waals surface area contributed by atoms with E-state index in [1.165, 1.54) is 18.2 Å². The summed E-state index contributed by atoms with van der Waals surface area (Å²) in [4.78, 5) is -0.0429. The number of sulfonamides is 1. The maximum atomic E-state index is 12.2. The Morgan fingerprint density at radius 1 is 0.857 bits per heavy atom. The minimum absolute atomic E-state index is 0.0251. The monoisotopic (exact) mass is 383 g/mol. The van der Waals surface area contributed by atoms with Crippen molar-refractivity contribution in [2.45, 2.75) is 11.4 Å². The molecule has 0 radical (unpaired) electrons. The average molecular weight is 385 g/mol. The van der Waals surface area contributed by atoms with Crippen LogP contribution in [0.4, 0.5) is 0 Å². The van der Waals surface area contributed by atoms with Crippen LogP contribution in [0.1, 0.15) is 5.56 Å². The Morgan fingerprint density at radius 2 is 1.43 bits per heavy atom. The van der Waals surface area contributed by atoms with E-state index in [2.05, 4.69) is 4.72 Å². The van der Waals surface area contributed by atoms with Crippen LogP contribution >= 0.6 is 46.4 Å². The van der Waals surface area contributed by atoms with Gasteiger partial charge in [-0.2, -0.15) is 0 Å². The molecule has 0 atom stereocenters. The summed E-state index contributed by atoms with van der Waals surface area (Å²) in [5.74, 6) is 0. The Hall–Kier alpha value is -0.490. The molecular weight excluding hydrogens is 376 g/mol. The zero-order valence-electron chi connectivity index (χ0n) is 10.4. The zero-order valence-corrected chi connectivity index (χ0v) is 14.2. The summed E-state index contributed by atoms with van der Waals surface area (Å²) in [5.41, 5.74) is 0.606. The standard InChI is InChI=1S/C13H9Cl4NO2S/c14-9-2-1-8(11(16)5-9)7-18-21(19,20)13-4-3-10(15)6-12(13)17/h1-6,18H,7H2. The molecule has 2 aromatic rings. The molecule has 0 spiro atoms. The maximum absolute atomic E-state index is 12.2. The molecule has 0 aliphatic carbocycles. The van der Waals surface area contributed by atoms with E-state index in [0.29, 0.717) is 20.6 Å². The van der Waals surface area contributed by atoms with Crippen LogP contribution < -0.4 is 4.72 Å². The lowest BCUT2D eigenvalue weighted by Gasteiger charge is -2.10. The zero-order chi connectivity index (χ0) is 15.6. The first-order chi connectivity index (χ1) is 9.79.